The minimum Gasteiger partial charge on any atom is -0.497 e. The highest BCUT2D eigenvalue weighted by molar-refractivity contribution is 5.99. The summed E-state index contributed by atoms with van der Waals surface area (Å²) in [4.78, 5) is 35.8. The van der Waals surface area contributed by atoms with E-state index >= 15 is 0 Å². The second kappa shape index (κ2) is 8.89. The van der Waals surface area contributed by atoms with Gasteiger partial charge in [0.1, 0.15) is 5.75 Å². The Hall–Kier alpha value is -2.41. The fraction of sp³-hybridized carbons (Fsp3) is 0.438. The van der Waals surface area contributed by atoms with Crippen molar-refractivity contribution in [3.05, 3.63) is 29.8 Å². The van der Waals surface area contributed by atoms with Gasteiger partial charge in [0, 0.05) is 24.6 Å². The van der Waals surface area contributed by atoms with E-state index in [0.29, 0.717) is 11.3 Å². The number of methoxy groups -OCH3 is 1. The third-order valence-corrected chi connectivity index (χ3v) is 3.41. The number of carboxylic acids is 2. The number of hydrogen-bond acceptors (Lipinski definition) is 5. The van der Waals surface area contributed by atoms with E-state index in [-0.39, 0.29) is 31.7 Å². The third-order valence-electron chi connectivity index (χ3n) is 3.41. The summed E-state index contributed by atoms with van der Waals surface area (Å²) in [6.45, 7) is 0.436. The highest BCUT2D eigenvalue weighted by Crippen LogP contribution is 2.18. The van der Waals surface area contributed by atoms with E-state index in [1.807, 2.05) is 0 Å². The Kier molecular flexibility index (Phi) is 7.21. The SMILES string of the molecule is COc1ccc(C(=O)C(CC(=O)O)CN(C)CCC(=O)O)cc1. The topological polar surface area (TPSA) is 104 Å². The van der Waals surface area contributed by atoms with Gasteiger partial charge in [-0.05, 0) is 31.3 Å². The Balaban J connectivity index is 2.80. The monoisotopic (exact) mass is 323 g/mol. The maximum atomic E-state index is 12.5. The van der Waals surface area contributed by atoms with Gasteiger partial charge in [-0.25, -0.2) is 0 Å². The predicted octanol–water partition coefficient (Wildman–Crippen LogP) is 1.38. The molecule has 1 aromatic rings. The van der Waals surface area contributed by atoms with E-state index in [0.717, 1.165) is 0 Å². The molecular formula is C16H21NO6. The Labute approximate surface area is 134 Å². The lowest BCUT2D eigenvalue weighted by atomic mass is 9.94. The Morgan fingerprint density at radius 1 is 1.13 bits per heavy atom. The zero-order valence-electron chi connectivity index (χ0n) is 13.2. The van der Waals surface area contributed by atoms with Gasteiger partial charge in [-0.3, -0.25) is 14.4 Å². The molecule has 0 aliphatic heterocycles. The molecule has 7 heteroatoms. The van der Waals surface area contributed by atoms with Crippen LogP contribution in [-0.4, -0.2) is 60.1 Å². The molecule has 2 N–H and O–H groups in total. The summed E-state index contributed by atoms with van der Waals surface area (Å²) >= 11 is 0. The molecule has 0 radical (unpaired) electrons. The van der Waals surface area contributed by atoms with Crippen LogP contribution in [0, 0.1) is 5.92 Å². The molecule has 0 spiro atoms. The quantitative estimate of drug-likeness (QED) is 0.627. The van der Waals surface area contributed by atoms with Crippen LogP contribution in [0.2, 0.25) is 0 Å². The molecule has 1 atom stereocenters. The van der Waals surface area contributed by atoms with Crippen molar-refractivity contribution in [3.63, 3.8) is 0 Å². The van der Waals surface area contributed by atoms with Crippen LogP contribution in [0.4, 0.5) is 0 Å². The summed E-state index contributed by atoms with van der Waals surface area (Å²) in [5.74, 6) is -2.41. The number of Topliss-reactive ketones (excluding diaryl/α,β-unsaturated/α-hetero) is 1. The first-order valence-electron chi connectivity index (χ1n) is 7.14. The molecule has 0 aliphatic rings. The van der Waals surface area contributed by atoms with Gasteiger partial charge >= 0.3 is 11.9 Å². The molecule has 0 saturated carbocycles. The minimum atomic E-state index is -1.07. The van der Waals surface area contributed by atoms with Gasteiger partial charge in [-0.15, -0.1) is 0 Å². The van der Waals surface area contributed by atoms with Gasteiger partial charge in [0.15, 0.2) is 5.78 Å². The summed E-state index contributed by atoms with van der Waals surface area (Å²) < 4.78 is 5.02. The lowest BCUT2D eigenvalue weighted by Gasteiger charge is -2.21. The normalized spacial score (nSPS) is 12.0. The fourth-order valence-electron chi connectivity index (χ4n) is 2.20. The van der Waals surface area contributed by atoms with E-state index in [1.54, 1.807) is 36.2 Å². The highest BCUT2D eigenvalue weighted by atomic mass is 16.5. The van der Waals surface area contributed by atoms with E-state index in [2.05, 4.69) is 0 Å². The largest absolute Gasteiger partial charge is 0.497 e. The Morgan fingerprint density at radius 2 is 1.74 bits per heavy atom. The molecule has 1 unspecified atom stereocenters. The van der Waals surface area contributed by atoms with E-state index in [4.69, 9.17) is 14.9 Å². The molecule has 1 rings (SSSR count). The maximum absolute atomic E-state index is 12.5. The van der Waals surface area contributed by atoms with Crippen molar-refractivity contribution in [2.75, 3.05) is 27.2 Å². The molecule has 0 heterocycles. The van der Waals surface area contributed by atoms with Gasteiger partial charge < -0.3 is 19.8 Å². The Bertz CT molecular complexity index is 554. The van der Waals surface area contributed by atoms with Crippen LogP contribution in [-0.2, 0) is 9.59 Å². The molecule has 0 amide bonds. The molecule has 0 fully saturated rings. The zero-order chi connectivity index (χ0) is 17.4. The van der Waals surface area contributed by atoms with Crippen molar-refractivity contribution in [1.29, 1.82) is 0 Å². The number of aliphatic carboxylic acids is 2. The molecule has 126 valence electrons. The summed E-state index contributed by atoms with van der Waals surface area (Å²) in [7, 11) is 3.18. The van der Waals surface area contributed by atoms with Crippen LogP contribution in [0.15, 0.2) is 24.3 Å². The predicted molar refractivity (Wildman–Crippen MR) is 82.8 cm³/mol. The number of hydrogen-bond donors (Lipinski definition) is 2. The number of carbonyl (C=O) groups is 3. The summed E-state index contributed by atoms with van der Waals surface area (Å²) in [6.07, 6.45) is -0.366. The number of ketones is 1. The van der Waals surface area contributed by atoms with Crippen LogP contribution in [0.25, 0.3) is 0 Å². The van der Waals surface area contributed by atoms with E-state index in [9.17, 15) is 14.4 Å². The maximum Gasteiger partial charge on any atom is 0.304 e. The number of benzene rings is 1. The number of rotatable bonds is 10. The van der Waals surface area contributed by atoms with E-state index < -0.39 is 17.9 Å². The van der Waals surface area contributed by atoms with Crippen molar-refractivity contribution < 1.29 is 29.3 Å². The zero-order valence-corrected chi connectivity index (χ0v) is 13.2. The van der Waals surface area contributed by atoms with Crippen molar-refractivity contribution in [2.24, 2.45) is 5.92 Å². The molecule has 0 aliphatic carbocycles. The van der Waals surface area contributed by atoms with Crippen molar-refractivity contribution in [2.45, 2.75) is 12.8 Å². The smallest absolute Gasteiger partial charge is 0.304 e. The molecule has 1 aromatic carbocycles. The number of nitrogens with zero attached hydrogens (tertiary/aromatic N) is 1. The van der Waals surface area contributed by atoms with Crippen molar-refractivity contribution >= 4 is 17.7 Å². The molecule has 0 bridgehead atoms. The van der Waals surface area contributed by atoms with Crippen LogP contribution in [0.3, 0.4) is 0 Å². The number of carbonyl (C=O) groups excluding carboxylic acids is 1. The van der Waals surface area contributed by atoms with Crippen LogP contribution >= 0.6 is 0 Å². The van der Waals surface area contributed by atoms with Crippen molar-refractivity contribution in [1.82, 2.24) is 4.90 Å². The van der Waals surface area contributed by atoms with Gasteiger partial charge in [-0.2, -0.15) is 0 Å². The first-order chi connectivity index (χ1) is 10.8. The van der Waals surface area contributed by atoms with Crippen LogP contribution < -0.4 is 4.74 Å². The van der Waals surface area contributed by atoms with Gasteiger partial charge in [0.25, 0.3) is 0 Å². The van der Waals surface area contributed by atoms with Gasteiger partial charge in [0.2, 0.25) is 0 Å². The summed E-state index contributed by atoms with van der Waals surface area (Å²) in [5.41, 5.74) is 0.406. The minimum absolute atomic E-state index is 0.0625. The molecular weight excluding hydrogens is 302 g/mol. The van der Waals surface area contributed by atoms with E-state index in [1.165, 1.54) is 7.11 Å². The molecule has 23 heavy (non-hydrogen) atoms. The highest BCUT2D eigenvalue weighted by Gasteiger charge is 2.24. The summed E-state index contributed by atoms with van der Waals surface area (Å²) in [5, 5.41) is 17.7. The molecule has 7 nitrogen and oxygen atoms in total. The number of carboxylic acid groups (broad SMARTS) is 2. The average Bonchev–Trinajstić information content (AvgIpc) is 2.51. The van der Waals surface area contributed by atoms with Gasteiger partial charge in [-0.1, -0.05) is 0 Å². The second-order valence-electron chi connectivity index (χ2n) is 5.29. The van der Waals surface area contributed by atoms with Gasteiger partial charge in [0.05, 0.1) is 20.0 Å². The van der Waals surface area contributed by atoms with Crippen LogP contribution in [0.5, 0.6) is 5.75 Å². The standard InChI is InChI=1S/C16H21NO6/c1-17(8-7-14(18)19)10-12(9-15(20)21)16(22)11-3-5-13(23-2)6-4-11/h3-6,12H,7-10H2,1-2H3,(H,18,19)(H,20,21). The Morgan fingerprint density at radius 3 is 2.22 bits per heavy atom. The van der Waals surface area contributed by atoms with Crippen molar-refractivity contribution in [3.8, 4) is 5.75 Å². The summed E-state index contributed by atoms with van der Waals surface area (Å²) in [6, 6.07) is 6.46. The molecule has 0 aromatic heterocycles. The van der Waals surface area contributed by atoms with Crippen LogP contribution in [0.1, 0.15) is 23.2 Å². The lowest BCUT2D eigenvalue weighted by Crippen LogP contribution is -2.33. The first kappa shape index (κ1) is 18.6. The lowest BCUT2D eigenvalue weighted by molar-refractivity contribution is -0.139. The second-order valence-corrected chi connectivity index (χ2v) is 5.29. The first-order valence-corrected chi connectivity index (χ1v) is 7.14. The average molecular weight is 323 g/mol. The molecule has 0 saturated heterocycles. The number of ether oxygens (including phenoxy) is 1. The fourth-order valence-corrected chi connectivity index (χ4v) is 2.20. The third kappa shape index (κ3) is 6.48.